The second kappa shape index (κ2) is 13.5. The third-order valence-electron chi connectivity index (χ3n) is 8.51. The maximum atomic E-state index is 14.1. The Bertz CT molecular complexity index is 2150. The van der Waals surface area contributed by atoms with Crippen LogP contribution in [0.5, 0.6) is 23.0 Å². The molecule has 254 valence electrons. The van der Waals surface area contributed by atoms with Crippen LogP contribution in [0, 0.1) is 23.0 Å². The fraction of sp³-hybridized carbons (Fsp3) is 0.162. The molecule has 0 bridgehead atoms. The lowest BCUT2D eigenvalue weighted by Gasteiger charge is -2.31. The summed E-state index contributed by atoms with van der Waals surface area (Å²) in [5.41, 5.74) is 1.51. The first-order chi connectivity index (χ1) is 24.0. The Hall–Kier alpha value is -6.63. The van der Waals surface area contributed by atoms with Gasteiger partial charge in [0.05, 0.1) is 41.4 Å². The number of para-hydroxylation sites is 1. The molecule has 0 aliphatic carbocycles. The molecule has 50 heavy (non-hydrogen) atoms. The van der Waals surface area contributed by atoms with Crippen molar-refractivity contribution < 1.29 is 33.9 Å². The zero-order valence-electron chi connectivity index (χ0n) is 27.6. The third-order valence-corrected chi connectivity index (χ3v) is 8.51. The van der Waals surface area contributed by atoms with Crippen molar-refractivity contribution in [3.05, 3.63) is 118 Å². The summed E-state index contributed by atoms with van der Waals surface area (Å²) in [5.74, 6) is -1.10. The number of nitrogens with one attached hydrogen (secondary N) is 1. The van der Waals surface area contributed by atoms with E-state index in [4.69, 9.17) is 9.47 Å². The van der Waals surface area contributed by atoms with E-state index in [1.54, 1.807) is 67.6 Å². The summed E-state index contributed by atoms with van der Waals surface area (Å²) in [4.78, 5) is 53.4. The zero-order chi connectivity index (χ0) is 35.7. The van der Waals surface area contributed by atoms with E-state index in [9.17, 15) is 29.6 Å². The molecule has 4 amide bonds. The van der Waals surface area contributed by atoms with Gasteiger partial charge in [-0.2, -0.15) is 5.01 Å². The van der Waals surface area contributed by atoms with Crippen LogP contribution in [-0.4, -0.2) is 53.6 Å². The molecule has 13 heteroatoms. The van der Waals surface area contributed by atoms with Crippen LogP contribution in [0.4, 0.5) is 27.5 Å². The number of aromatic hydroxyl groups is 1. The maximum Gasteiger partial charge on any atom is 0.350 e. The number of nitro groups is 1. The number of phenolic OH excluding ortho intramolecular Hbond substituents is 1. The van der Waals surface area contributed by atoms with Crippen molar-refractivity contribution in [1.82, 2.24) is 5.01 Å². The molecule has 0 radical (unpaired) electrons. The normalized spacial score (nSPS) is 14.1. The van der Waals surface area contributed by atoms with Crippen molar-refractivity contribution in [3.63, 3.8) is 0 Å². The van der Waals surface area contributed by atoms with Gasteiger partial charge in [0, 0.05) is 35.6 Å². The van der Waals surface area contributed by atoms with E-state index < -0.39 is 28.7 Å². The van der Waals surface area contributed by atoms with Crippen molar-refractivity contribution in [2.24, 2.45) is 5.92 Å². The molecule has 0 spiro atoms. The molecule has 1 atom stereocenters. The molecule has 2 N–H and O–H groups in total. The van der Waals surface area contributed by atoms with Gasteiger partial charge in [0.1, 0.15) is 17.2 Å². The predicted octanol–water partition coefficient (Wildman–Crippen LogP) is 7.27. The number of urea groups is 1. The summed E-state index contributed by atoms with van der Waals surface area (Å²) in [5, 5.41) is 29.2. The van der Waals surface area contributed by atoms with Gasteiger partial charge in [-0.1, -0.05) is 49.4 Å². The maximum absolute atomic E-state index is 14.1. The smallest absolute Gasteiger partial charge is 0.350 e. The molecule has 5 aromatic rings. The minimum atomic E-state index is -0.783. The van der Waals surface area contributed by atoms with E-state index in [1.165, 1.54) is 43.4 Å². The minimum Gasteiger partial charge on any atom is -0.506 e. The molecule has 1 saturated heterocycles. The quantitative estimate of drug-likeness (QED) is 0.128. The Morgan fingerprint density at radius 1 is 0.960 bits per heavy atom. The number of hydrogen-bond donors (Lipinski definition) is 2. The molecular formula is C37H33N5O8. The van der Waals surface area contributed by atoms with E-state index >= 15 is 0 Å². The number of hydrogen-bond acceptors (Lipinski definition) is 9. The van der Waals surface area contributed by atoms with Gasteiger partial charge in [0.25, 0.3) is 17.5 Å². The Balaban J connectivity index is 1.40. The van der Waals surface area contributed by atoms with Crippen molar-refractivity contribution in [2.45, 2.75) is 13.8 Å². The highest BCUT2D eigenvalue weighted by molar-refractivity contribution is 6.11. The first-order valence-corrected chi connectivity index (χ1v) is 15.6. The number of methoxy groups -OCH3 is 1. The lowest BCUT2D eigenvalue weighted by Crippen LogP contribution is -2.50. The number of non-ortho nitro benzene ring substituents is 1. The fourth-order valence-electron chi connectivity index (χ4n) is 5.74. The van der Waals surface area contributed by atoms with Gasteiger partial charge >= 0.3 is 6.03 Å². The molecule has 13 nitrogen and oxygen atoms in total. The topological polar surface area (TPSA) is 155 Å². The second-order valence-corrected chi connectivity index (χ2v) is 11.8. The van der Waals surface area contributed by atoms with Gasteiger partial charge in [0.2, 0.25) is 0 Å². The van der Waals surface area contributed by atoms with Gasteiger partial charge in [-0.05, 0) is 55.0 Å². The Morgan fingerprint density at radius 3 is 2.32 bits per heavy atom. The summed E-state index contributed by atoms with van der Waals surface area (Å²) >= 11 is 0. The largest absolute Gasteiger partial charge is 0.506 e. The number of amides is 4. The molecule has 1 aliphatic heterocycles. The Morgan fingerprint density at radius 2 is 1.64 bits per heavy atom. The fourth-order valence-corrected chi connectivity index (χ4v) is 5.74. The van der Waals surface area contributed by atoms with Crippen molar-refractivity contribution in [1.29, 1.82) is 0 Å². The first kappa shape index (κ1) is 33.3. The van der Waals surface area contributed by atoms with Crippen molar-refractivity contribution >= 4 is 51.4 Å². The molecular weight excluding hydrogens is 642 g/mol. The number of carbonyl (C=O) groups is 3. The molecule has 6 rings (SSSR count). The number of fused-ring (bicyclic) bond motifs is 1. The molecule has 0 saturated carbocycles. The van der Waals surface area contributed by atoms with Crippen molar-refractivity contribution in [3.8, 4) is 23.0 Å². The summed E-state index contributed by atoms with van der Waals surface area (Å²) in [7, 11) is 2.91. The van der Waals surface area contributed by atoms with E-state index in [-0.39, 0.29) is 40.7 Å². The number of aryl methyl sites for hydroxylation is 1. The Kier molecular flexibility index (Phi) is 8.97. The molecule has 1 aliphatic rings. The van der Waals surface area contributed by atoms with Crippen LogP contribution in [0.25, 0.3) is 10.8 Å². The number of nitro benzene ring substituents is 1. The number of anilines is 3. The number of ether oxygens (including phenoxy) is 2. The SMILES string of the molecule is COc1ccc(N2CC(C)C(=O)N2C(=O)N(C)c2cc([N+](=O)[O-])ccc2Oc2cc(C(=O)Nc3ccccc3C)c(O)c3ccccc23)cc1. The summed E-state index contributed by atoms with van der Waals surface area (Å²) < 4.78 is 11.6. The first-order valence-electron chi connectivity index (χ1n) is 15.6. The number of phenols is 1. The molecule has 1 unspecified atom stereocenters. The molecule has 5 aromatic carbocycles. The number of hydrazine groups is 1. The van der Waals surface area contributed by atoms with Crippen LogP contribution in [-0.2, 0) is 4.79 Å². The highest BCUT2D eigenvalue weighted by Gasteiger charge is 2.42. The average Bonchev–Trinajstić information content (AvgIpc) is 3.42. The van der Waals surface area contributed by atoms with E-state index in [0.29, 0.717) is 27.9 Å². The minimum absolute atomic E-state index is 0.0169. The van der Waals surface area contributed by atoms with Crippen LogP contribution in [0.3, 0.4) is 0 Å². The van der Waals surface area contributed by atoms with Crippen molar-refractivity contribution in [2.75, 3.05) is 35.9 Å². The van der Waals surface area contributed by atoms with Crippen LogP contribution >= 0.6 is 0 Å². The molecule has 1 fully saturated rings. The van der Waals surface area contributed by atoms with E-state index in [0.717, 1.165) is 15.5 Å². The summed E-state index contributed by atoms with van der Waals surface area (Å²) in [6.07, 6.45) is 0. The van der Waals surface area contributed by atoms with Crippen LogP contribution < -0.4 is 24.7 Å². The number of carbonyl (C=O) groups excluding carboxylic acids is 3. The van der Waals surface area contributed by atoms with Gasteiger partial charge in [-0.3, -0.25) is 29.6 Å². The van der Waals surface area contributed by atoms with Crippen LogP contribution in [0.15, 0.2) is 97.1 Å². The van der Waals surface area contributed by atoms with E-state index in [2.05, 4.69) is 5.32 Å². The number of benzene rings is 5. The van der Waals surface area contributed by atoms with Gasteiger partial charge in [-0.15, -0.1) is 0 Å². The van der Waals surface area contributed by atoms with Crippen LogP contribution in [0.2, 0.25) is 0 Å². The number of nitrogens with zero attached hydrogens (tertiary/aromatic N) is 4. The highest BCUT2D eigenvalue weighted by Crippen LogP contribution is 2.42. The molecule has 0 aromatic heterocycles. The highest BCUT2D eigenvalue weighted by atomic mass is 16.6. The Labute approximate surface area is 287 Å². The third kappa shape index (κ3) is 6.19. The monoisotopic (exact) mass is 675 g/mol. The standard InChI is InChI=1S/C37H33N5O8/c1-22-9-5-8-12-30(22)38-35(44)29-20-33(27-10-6-7-11-28(27)34(29)43)50-32-18-15-25(42(47)48)19-31(32)39(3)37(46)41-36(45)23(2)21-40(41)24-13-16-26(49-4)17-14-24/h5-20,23,43H,21H2,1-4H3,(H,38,44). The second-order valence-electron chi connectivity index (χ2n) is 11.8. The average molecular weight is 676 g/mol. The summed E-state index contributed by atoms with van der Waals surface area (Å²) in [6, 6.07) is 25.1. The molecule has 1 heterocycles. The van der Waals surface area contributed by atoms with Gasteiger partial charge in [-0.25, -0.2) is 4.79 Å². The summed E-state index contributed by atoms with van der Waals surface area (Å²) in [6.45, 7) is 3.76. The number of imide groups is 1. The van der Waals surface area contributed by atoms with Gasteiger partial charge in [0.15, 0.2) is 5.75 Å². The van der Waals surface area contributed by atoms with E-state index in [1.807, 2.05) is 19.1 Å². The van der Waals surface area contributed by atoms with Crippen LogP contribution in [0.1, 0.15) is 22.8 Å². The number of rotatable bonds is 8. The lowest BCUT2D eigenvalue weighted by molar-refractivity contribution is -0.384. The zero-order valence-corrected chi connectivity index (χ0v) is 27.6. The lowest BCUT2D eigenvalue weighted by atomic mass is 10.0. The van der Waals surface area contributed by atoms with Gasteiger partial charge < -0.3 is 19.9 Å². The predicted molar refractivity (Wildman–Crippen MR) is 188 cm³/mol.